The molecule has 14 heavy (non-hydrogen) atoms. The molecule has 0 fully saturated rings. The lowest BCUT2D eigenvalue weighted by Crippen LogP contribution is -2.08. The lowest BCUT2D eigenvalue weighted by molar-refractivity contribution is 0.183. The van der Waals surface area contributed by atoms with Gasteiger partial charge in [-0.2, -0.15) is 0 Å². The smallest absolute Gasteiger partial charge is 0.125 e. The van der Waals surface area contributed by atoms with E-state index in [0.717, 1.165) is 16.9 Å². The maximum absolute atomic E-state index is 9.53. The number of aliphatic hydroxyl groups excluding tert-OH is 1. The molecule has 0 amide bonds. The van der Waals surface area contributed by atoms with Gasteiger partial charge in [0, 0.05) is 5.56 Å². The standard InChI is InChI=1S/C12H18O2/c1-8(2)14-12-7-9(3)5-6-11(12)10(4)13/h5-8,10,13H,1-4H3. The first-order valence-corrected chi connectivity index (χ1v) is 4.96. The van der Waals surface area contributed by atoms with Crippen molar-refractivity contribution in [3.05, 3.63) is 29.3 Å². The molecule has 0 aliphatic carbocycles. The SMILES string of the molecule is Cc1ccc(C(C)O)c(OC(C)C)c1. The Morgan fingerprint density at radius 1 is 1.21 bits per heavy atom. The van der Waals surface area contributed by atoms with Crippen LogP contribution in [0.3, 0.4) is 0 Å². The molecule has 0 bridgehead atoms. The Kier molecular flexibility index (Phi) is 3.53. The molecule has 78 valence electrons. The number of aryl methyl sites for hydroxylation is 1. The minimum atomic E-state index is -0.482. The van der Waals surface area contributed by atoms with Crippen LogP contribution in [-0.2, 0) is 0 Å². The first kappa shape index (κ1) is 11.1. The van der Waals surface area contributed by atoms with Gasteiger partial charge in [0.25, 0.3) is 0 Å². The molecule has 1 atom stereocenters. The topological polar surface area (TPSA) is 29.5 Å². The zero-order chi connectivity index (χ0) is 10.7. The Morgan fingerprint density at radius 3 is 2.36 bits per heavy atom. The van der Waals surface area contributed by atoms with Crippen LogP contribution < -0.4 is 4.74 Å². The average molecular weight is 194 g/mol. The minimum Gasteiger partial charge on any atom is -0.491 e. The van der Waals surface area contributed by atoms with Crippen LogP contribution in [0.1, 0.15) is 38.0 Å². The summed E-state index contributed by atoms with van der Waals surface area (Å²) in [6, 6.07) is 5.86. The van der Waals surface area contributed by atoms with E-state index in [2.05, 4.69) is 0 Å². The summed E-state index contributed by atoms with van der Waals surface area (Å²) in [5, 5.41) is 9.53. The van der Waals surface area contributed by atoms with Gasteiger partial charge in [0.2, 0.25) is 0 Å². The molecule has 2 nitrogen and oxygen atoms in total. The maximum Gasteiger partial charge on any atom is 0.125 e. The number of rotatable bonds is 3. The third-order valence-corrected chi connectivity index (χ3v) is 1.98. The van der Waals surface area contributed by atoms with Crippen LogP contribution in [-0.4, -0.2) is 11.2 Å². The summed E-state index contributed by atoms with van der Waals surface area (Å²) < 4.78 is 5.63. The number of ether oxygens (including phenoxy) is 1. The molecule has 0 aliphatic heterocycles. The molecule has 1 aromatic rings. The van der Waals surface area contributed by atoms with Gasteiger partial charge in [-0.05, 0) is 39.3 Å². The van der Waals surface area contributed by atoms with E-state index in [-0.39, 0.29) is 6.10 Å². The molecule has 0 radical (unpaired) electrons. The van der Waals surface area contributed by atoms with Gasteiger partial charge in [-0.25, -0.2) is 0 Å². The van der Waals surface area contributed by atoms with Crippen LogP contribution >= 0.6 is 0 Å². The molecular formula is C12H18O2. The normalized spacial score (nSPS) is 13.0. The Morgan fingerprint density at radius 2 is 1.86 bits per heavy atom. The van der Waals surface area contributed by atoms with Gasteiger partial charge in [-0.15, -0.1) is 0 Å². The monoisotopic (exact) mass is 194 g/mol. The second-order valence-corrected chi connectivity index (χ2v) is 3.88. The largest absolute Gasteiger partial charge is 0.491 e. The molecule has 0 saturated carbocycles. The van der Waals surface area contributed by atoms with E-state index in [4.69, 9.17) is 4.74 Å². The first-order valence-electron chi connectivity index (χ1n) is 4.96. The molecule has 0 aromatic heterocycles. The second-order valence-electron chi connectivity index (χ2n) is 3.88. The van der Waals surface area contributed by atoms with Crippen molar-refractivity contribution in [2.75, 3.05) is 0 Å². The van der Waals surface area contributed by atoms with Gasteiger partial charge in [0.1, 0.15) is 5.75 Å². The van der Waals surface area contributed by atoms with E-state index in [1.165, 1.54) is 0 Å². The molecule has 1 unspecified atom stereocenters. The third-order valence-electron chi connectivity index (χ3n) is 1.98. The Hall–Kier alpha value is -1.02. The van der Waals surface area contributed by atoms with Crippen LogP contribution in [0.25, 0.3) is 0 Å². The van der Waals surface area contributed by atoms with Crippen molar-refractivity contribution in [2.24, 2.45) is 0 Å². The second kappa shape index (κ2) is 4.47. The summed E-state index contributed by atoms with van der Waals surface area (Å²) in [6.45, 7) is 7.72. The Labute approximate surface area is 85.5 Å². The summed E-state index contributed by atoms with van der Waals surface area (Å²) in [4.78, 5) is 0. The fourth-order valence-electron chi connectivity index (χ4n) is 1.34. The van der Waals surface area contributed by atoms with E-state index >= 15 is 0 Å². The molecule has 1 aromatic carbocycles. The first-order chi connectivity index (χ1) is 6.50. The number of aliphatic hydroxyl groups is 1. The van der Waals surface area contributed by atoms with E-state index in [9.17, 15) is 5.11 Å². The number of benzene rings is 1. The van der Waals surface area contributed by atoms with Crippen LogP contribution in [0.5, 0.6) is 5.75 Å². The van der Waals surface area contributed by atoms with Crippen molar-refractivity contribution in [3.8, 4) is 5.75 Å². The molecule has 0 spiro atoms. The van der Waals surface area contributed by atoms with Crippen molar-refractivity contribution in [1.82, 2.24) is 0 Å². The Balaban J connectivity index is 3.03. The van der Waals surface area contributed by atoms with Gasteiger partial charge in [-0.1, -0.05) is 12.1 Å². The fraction of sp³-hybridized carbons (Fsp3) is 0.500. The predicted molar refractivity (Wildman–Crippen MR) is 57.6 cm³/mol. The lowest BCUT2D eigenvalue weighted by atomic mass is 10.1. The maximum atomic E-state index is 9.53. The Bertz CT molecular complexity index is 303. The fourth-order valence-corrected chi connectivity index (χ4v) is 1.34. The molecule has 0 heterocycles. The summed E-state index contributed by atoms with van der Waals surface area (Å²) in [7, 11) is 0. The lowest BCUT2D eigenvalue weighted by Gasteiger charge is -2.16. The van der Waals surface area contributed by atoms with Crippen LogP contribution in [0, 0.1) is 6.92 Å². The number of hydrogen-bond donors (Lipinski definition) is 1. The summed E-state index contributed by atoms with van der Waals surface area (Å²) in [5.41, 5.74) is 1.99. The van der Waals surface area contributed by atoms with Crippen molar-refractivity contribution >= 4 is 0 Å². The van der Waals surface area contributed by atoms with Gasteiger partial charge in [0.15, 0.2) is 0 Å². The van der Waals surface area contributed by atoms with Gasteiger partial charge in [-0.3, -0.25) is 0 Å². The van der Waals surface area contributed by atoms with Gasteiger partial charge < -0.3 is 9.84 Å². The summed E-state index contributed by atoms with van der Waals surface area (Å²) >= 11 is 0. The van der Waals surface area contributed by atoms with Crippen molar-refractivity contribution in [2.45, 2.75) is 39.9 Å². The van der Waals surface area contributed by atoms with Crippen LogP contribution in [0.4, 0.5) is 0 Å². The molecule has 0 saturated heterocycles. The van der Waals surface area contributed by atoms with Crippen molar-refractivity contribution in [1.29, 1.82) is 0 Å². The third kappa shape index (κ3) is 2.74. The van der Waals surface area contributed by atoms with E-state index < -0.39 is 6.10 Å². The van der Waals surface area contributed by atoms with E-state index in [1.54, 1.807) is 6.92 Å². The van der Waals surface area contributed by atoms with Crippen molar-refractivity contribution in [3.63, 3.8) is 0 Å². The highest BCUT2D eigenvalue weighted by Gasteiger charge is 2.10. The summed E-state index contributed by atoms with van der Waals surface area (Å²) in [6.07, 6.45) is -0.348. The predicted octanol–water partition coefficient (Wildman–Crippen LogP) is 2.84. The number of hydrogen-bond acceptors (Lipinski definition) is 2. The minimum absolute atomic E-state index is 0.134. The quantitative estimate of drug-likeness (QED) is 0.801. The van der Waals surface area contributed by atoms with E-state index in [1.807, 2.05) is 39.0 Å². The average Bonchev–Trinajstić information content (AvgIpc) is 2.01. The van der Waals surface area contributed by atoms with Crippen molar-refractivity contribution < 1.29 is 9.84 Å². The molecular weight excluding hydrogens is 176 g/mol. The summed E-state index contributed by atoms with van der Waals surface area (Å²) in [5.74, 6) is 0.787. The van der Waals surface area contributed by atoms with Gasteiger partial charge >= 0.3 is 0 Å². The highest BCUT2D eigenvalue weighted by Crippen LogP contribution is 2.26. The highest BCUT2D eigenvalue weighted by molar-refractivity contribution is 5.38. The van der Waals surface area contributed by atoms with Crippen LogP contribution in [0.2, 0.25) is 0 Å². The van der Waals surface area contributed by atoms with Gasteiger partial charge in [0.05, 0.1) is 12.2 Å². The molecule has 1 N–H and O–H groups in total. The zero-order valence-electron chi connectivity index (χ0n) is 9.24. The highest BCUT2D eigenvalue weighted by atomic mass is 16.5. The molecule has 1 rings (SSSR count). The zero-order valence-corrected chi connectivity index (χ0v) is 9.24. The van der Waals surface area contributed by atoms with E-state index in [0.29, 0.717) is 0 Å². The van der Waals surface area contributed by atoms with Crippen LogP contribution in [0.15, 0.2) is 18.2 Å². The molecule has 0 aliphatic rings. The molecule has 2 heteroatoms.